The third-order valence-corrected chi connectivity index (χ3v) is 6.61. The van der Waals surface area contributed by atoms with Gasteiger partial charge in [0, 0.05) is 27.0 Å². The fourth-order valence-electron chi connectivity index (χ4n) is 4.02. The average molecular weight is 568 g/mol. The predicted molar refractivity (Wildman–Crippen MR) is 130 cm³/mol. The number of Topliss-reactive ketones (excluding diaryl/α,β-unsaturated/α-hetero) is 1. The van der Waals surface area contributed by atoms with Gasteiger partial charge in [0.05, 0.1) is 19.3 Å². The summed E-state index contributed by atoms with van der Waals surface area (Å²) in [6, 6.07) is 15.7. The van der Waals surface area contributed by atoms with E-state index in [1.807, 2.05) is 0 Å². The third-order valence-electron chi connectivity index (χ3n) is 5.85. The van der Waals surface area contributed by atoms with Gasteiger partial charge in [-0.25, -0.2) is 4.79 Å². The molecule has 1 atom stereocenters. The second-order valence-corrected chi connectivity index (χ2v) is 9.39. The van der Waals surface area contributed by atoms with Crippen molar-refractivity contribution in [2.75, 3.05) is 12.0 Å². The normalized spacial score (nSPS) is 17.5. The molecule has 0 aromatic heterocycles. The number of rotatable bonds is 6. The Kier molecular flexibility index (Phi) is 6.83. The Morgan fingerprint density at radius 3 is 2.34 bits per heavy atom. The van der Waals surface area contributed by atoms with Crippen LogP contribution in [0, 0.1) is 0 Å². The lowest BCUT2D eigenvalue weighted by atomic mass is 9.80. The van der Waals surface area contributed by atoms with Crippen molar-refractivity contribution in [2.45, 2.75) is 24.7 Å². The molecule has 1 aliphatic rings. The van der Waals surface area contributed by atoms with Crippen molar-refractivity contribution in [2.24, 2.45) is 0 Å². The number of hydrogen-bond donors (Lipinski definition) is 1. The molecule has 0 spiro atoms. The minimum Gasteiger partial charge on any atom is -0.497 e. The smallest absolute Gasteiger partial charge is 0.416 e. The highest BCUT2D eigenvalue weighted by molar-refractivity contribution is 9.10. The highest BCUT2D eigenvalue weighted by atomic mass is 79.9. The highest BCUT2D eigenvalue weighted by Crippen LogP contribution is 2.49. The van der Waals surface area contributed by atoms with Gasteiger partial charge >= 0.3 is 12.2 Å². The zero-order valence-electron chi connectivity index (χ0n) is 18.3. The molecule has 0 saturated carbocycles. The molecule has 4 rings (SSSR count). The quantitative estimate of drug-likeness (QED) is 0.331. The van der Waals surface area contributed by atoms with Crippen LogP contribution in [0.5, 0.6) is 5.75 Å². The maximum atomic E-state index is 14.7. The second-order valence-electron chi connectivity index (χ2n) is 8.04. The first-order valence-electron chi connectivity index (χ1n) is 10.4. The van der Waals surface area contributed by atoms with Crippen LogP contribution in [0.15, 0.2) is 71.2 Å². The zero-order chi connectivity index (χ0) is 25.4. The Morgan fingerprint density at radius 1 is 1.09 bits per heavy atom. The van der Waals surface area contributed by atoms with Gasteiger partial charge in [0.1, 0.15) is 5.75 Å². The van der Waals surface area contributed by atoms with E-state index in [1.165, 1.54) is 36.3 Å². The molecule has 1 aliphatic heterocycles. The van der Waals surface area contributed by atoms with Gasteiger partial charge in [-0.15, -0.1) is 0 Å². The lowest BCUT2D eigenvalue weighted by Gasteiger charge is -2.44. The number of nitrogens with one attached hydrogen (secondary N) is 1. The monoisotopic (exact) mass is 566 g/mol. The van der Waals surface area contributed by atoms with Gasteiger partial charge in [0.2, 0.25) is 0 Å². The first kappa shape index (κ1) is 25.1. The van der Waals surface area contributed by atoms with Gasteiger partial charge in [-0.3, -0.25) is 9.69 Å². The van der Waals surface area contributed by atoms with Crippen LogP contribution in [0.3, 0.4) is 0 Å². The van der Waals surface area contributed by atoms with E-state index in [9.17, 15) is 22.8 Å². The zero-order valence-corrected chi connectivity index (χ0v) is 20.7. The first-order valence-corrected chi connectivity index (χ1v) is 11.6. The first-order chi connectivity index (χ1) is 16.5. The number of methoxy groups -OCH3 is 1. The van der Waals surface area contributed by atoms with Crippen LogP contribution >= 0.6 is 27.5 Å². The molecule has 3 aromatic rings. The standard InChI is InChI=1S/C25H19BrClF3N2O3/c1-35-19-9-2-15(3-10-19)14-32-21-11-8-18(27)12-20(21)24(25(28,29)30,31-23(32)34)13-22(33)16-4-6-17(26)7-5-16/h2-12H,13-14H2,1H3,(H,31,34). The number of nitrogens with zero attached hydrogens (tertiary/aromatic N) is 1. The number of anilines is 1. The summed E-state index contributed by atoms with van der Waals surface area (Å²) in [6.45, 7) is -0.000937. The Bertz CT molecular complexity index is 1270. The average Bonchev–Trinajstić information content (AvgIpc) is 2.81. The van der Waals surface area contributed by atoms with E-state index in [2.05, 4.69) is 21.2 Å². The molecule has 0 aliphatic carbocycles. The molecule has 0 radical (unpaired) electrons. The van der Waals surface area contributed by atoms with Crippen LogP contribution in [0.1, 0.15) is 27.9 Å². The molecule has 35 heavy (non-hydrogen) atoms. The van der Waals surface area contributed by atoms with Gasteiger partial charge in [-0.05, 0) is 48.0 Å². The number of alkyl halides is 3. The summed E-state index contributed by atoms with van der Waals surface area (Å²) < 4.78 is 49.9. The van der Waals surface area contributed by atoms with Gasteiger partial charge in [-0.1, -0.05) is 51.8 Å². The molecule has 10 heteroatoms. The van der Waals surface area contributed by atoms with Gasteiger partial charge in [-0.2, -0.15) is 13.2 Å². The lowest BCUT2D eigenvalue weighted by Crippen LogP contribution is -2.63. The Labute approximate surface area is 213 Å². The number of hydrogen-bond acceptors (Lipinski definition) is 3. The number of benzene rings is 3. The van der Waals surface area contributed by atoms with Crippen LogP contribution in [0.25, 0.3) is 0 Å². The van der Waals surface area contributed by atoms with Crippen molar-refractivity contribution in [3.05, 3.63) is 92.9 Å². The Morgan fingerprint density at radius 2 is 1.74 bits per heavy atom. The predicted octanol–water partition coefficient (Wildman–Crippen LogP) is 6.87. The largest absolute Gasteiger partial charge is 0.497 e. The molecule has 182 valence electrons. The molecular formula is C25H19BrClF3N2O3. The molecular weight excluding hydrogens is 549 g/mol. The molecule has 0 saturated heterocycles. The minimum atomic E-state index is -4.99. The maximum absolute atomic E-state index is 14.7. The van der Waals surface area contributed by atoms with E-state index in [1.54, 1.807) is 36.4 Å². The van der Waals surface area contributed by atoms with Crippen molar-refractivity contribution < 1.29 is 27.5 Å². The molecule has 2 amide bonds. The van der Waals surface area contributed by atoms with Crippen LogP contribution < -0.4 is 15.0 Å². The Balaban J connectivity index is 1.79. The SMILES string of the molecule is COc1ccc(CN2C(=O)NC(CC(=O)c3ccc(Br)cc3)(C(F)(F)F)c3cc(Cl)ccc32)cc1. The van der Waals surface area contributed by atoms with Gasteiger partial charge in [0.25, 0.3) is 0 Å². The van der Waals surface area contributed by atoms with E-state index >= 15 is 0 Å². The fraction of sp³-hybridized carbons (Fsp3) is 0.200. The summed E-state index contributed by atoms with van der Waals surface area (Å²) in [7, 11) is 1.51. The number of carbonyl (C=O) groups excluding carboxylic acids is 2. The molecule has 5 nitrogen and oxygen atoms in total. The molecule has 1 N–H and O–H groups in total. The second kappa shape index (κ2) is 9.54. The molecule has 0 bridgehead atoms. The van der Waals surface area contributed by atoms with Crippen LogP contribution in [0.2, 0.25) is 5.02 Å². The number of ether oxygens (including phenoxy) is 1. The van der Waals surface area contributed by atoms with Gasteiger partial charge < -0.3 is 10.1 Å². The van der Waals surface area contributed by atoms with Crippen molar-refractivity contribution in [1.29, 1.82) is 0 Å². The summed E-state index contributed by atoms with van der Waals surface area (Å²) in [5.41, 5.74) is -2.46. The summed E-state index contributed by atoms with van der Waals surface area (Å²) in [4.78, 5) is 27.3. The number of halogens is 5. The van der Waals surface area contributed by atoms with Crippen LogP contribution in [-0.4, -0.2) is 25.1 Å². The van der Waals surface area contributed by atoms with Crippen molar-refractivity contribution in [3.63, 3.8) is 0 Å². The van der Waals surface area contributed by atoms with Crippen molar-refractivity contribution in [3.8, 4) is 5.75 Å². The van der Waals surface area contributed by atoms with E-state index in [0.29, 0.717) is 15.8 Å². The van der Waals surface area contributed by atoms with E-state index in [0.717, 1.165) is 6.07 Å². The number of fused-ring (bicyclic) bond motifs is 1. The van der Waals surface area contributed by atoms with Crippen molar-refractivity contribution >= 4 is 45.0 Å². The van der Waals surface area contributed by atoms with Crippen LogP contribution in [0.4, 0.5) is 23.7 Å². The molecule has 3 aromatic carbocycles. The lowest BCUT2D eigenvalue weighted by molar-refractivity contribution is -0.196. The van der Waals surface area contributed by atoms with Crippen LogP contribution in [-0.2, 0) is 12.1 Å². The molecule has 1 heterocycles. The maximum Gasteiger partial charge on any atom is 0.416 e. The van der Waals surface area contributed by atoms with Crippen molar-refractivity contribution in [1.82, 2.24) is 5.32 Å². The summed E-state index contributed by atoms with van der Waals surface area (Å²) in [6.07, 6.45) is -6.01. The summed E-state index contributed by atoms with van der Waals surface area (Å²) in [5, 5.41) is 2.16. The Hall–Kier alpha value is -3.04. The summed E-state index contributed by atoms with van der Waals surface area (Å²) in [5.74, 6) is -0.170. The highest BCUT2D eigenvalue weighted by Gasteiger charge is 2.61. The topological polar surface area (TPSA) is 58.6 Å². The van der Waals surface area contributed by atoms with E-state index < -0.39 is 30.0 Å². The molecule has 1 unspecified atom stereocenters. The van der Waals surface area contributed by atoms with E-state index in [-0.39, 0.29) is 28.4 Å². The number of ketones is 1. The fourth-order valence-corrected chi connectivity index (χ4v) is 4.46. The third kappa shape index (κ3) is 4.88. The number of urea groups is 1. The number of amides is 2. The number of carbonyl (C=O) groups is 2. The molecule has 0 fully saturated rings. The minimum absolute atomic E-state index is 0.000937. The van der Waals surface area contributed by atoms with Gasteiger partial charge in [0.15, 0.2) is 11.3 Å². The van der Waals surface area contributed by atoms with E-state index in [4.69, 9.17) is 16.3 Å². The summed E-state index contributed by atoms with van der Waals surface area (Å²) >= 11 is 9.34.